The standard InChI is InChI=1S/C11H13N3O3/c1-13-10(15)6-8(12)11(13)7-4-2-3-5-9(7)14(16)17/h2-5,8,11H,6,12H2,1H3. The number of likely N-dealkylation sites (tertiary alicyclic amines) is 1. The summed E-state index contributed by atoms with van der Waals surface area (Å²) in [5.41, 5.74) is 6.38. The fraction of sp³-hybridized carbons (Fsp3) is 0.364. The van der Waals surface area contributed by atoms with E-state index < -0.39 is 17.0 Å². The van der Waals surface area contributed by atoms with Gasteiger partial charge in [0, 0.05) is 25.6 Å². The number of hydrogen-bond donors (Lipinski definition) is 1. The molecule has 0 saturated carbocycles. The van der Waals surface area contributed by atoms with Crippen LogP contribution in [0.5, 0.6) is 0 Å². The molecule has 1 saturated heterocycles. The predicted octanol–water partition coefficient (Wildman–Crippen LogP) is 0.825. The van der Waals surface area contributed by atoms with Crippen LogP contribution in [0.4, 0.5) is 5.69 Å². The second-order valence-electron chi connectivity index (χ2n) is 4.13. The zero-order valence-corrected chi connectivity index (χ0v) is 9.37. The van der Waals surface area contributed by atoms with Crippen LogP contribution < -0.4 is 5.73 Å². The lowest BCUT2D eigenvalue weighted by molar-refractivity contribution is -0.385. The van der Waals surface area contributed by atoms with Gasteiger partial charge >= 0.3 is 0 Å². The fourth-order valence-electron chi connectivity index (χ4n) is 2.24. The highest BCUT2D eigenvalue weighted by Crippen LogP contribution is 2.35. The van der Waals surface area contributed by atoms with Crippen LogP contribution in [0.25, 0.3) is 0 Å². The van der Waals surface area contributed by atoms with Crippen molar-refractivity contribution in [3.63, 3.8) is 0 Å². The number of nitro groups is 1. The van der Waals surface area contributed by atoms with Gasteiger partial charge in [-0.3, -0.25) is 14.9 Å². The molecular weight excluding hydrogens is 222 g/mol. The van der Waals surface area contributed by atoms with Crippen molar-refractivity contribution in [3.8, 4) is 0 Å². The lowest BCUT2D eigenvalue weighted by Crippen LogP contribution is -2.30. The maximum atomic E-state index is 11.5. The second-order valence-corrected chi connectivity index (χ2v) is 4.13. The molecular formula is C11H13N3O3. The number of carbonyl (C=O) groups is 1. The van der Waals surface area contributed by atoms with Gasteiger partial charge in [0.25, 0.3) is 5.69 Å². The van der Waals surface area contributed by atoms with Crippen molar-refractivity contribution in [2.45, 2.75) is 18.5 Å². The number of carbonyl (C=O) groups excluding carboxylic acids is 1. The Morgan fingerprint density at radius 1 is 1.47 bits per heavy atom. The molecule has 6 heteroatoms. The molecule has 1 fully saturated rings. The van der Waals surface area contributed by atoms with E-state index in [-0.39, 0.29) is 18.0 Å². The van der Waals surface area contributed by atoms with E-state index in [4.69, 9.17) is 5.73 Å². The summed E-state index contributed by atoms with van der Waals surface area (Å²) in [5.74, 6) is -0.0827. The van der Waals surface area contributed by atoms with E-state index >= 15 is 0 Å². The van der Waals surface area contributed by atoms with Crippen molar-refractivity contribution in [2.75, 3.05) is 7.05 Å². The van der Waals surface area contributed by atoms with E-state index in [1.807, 2.05) is 0 Å². The van der Waals surface area contributed by atoms with Gasteiger partial charge in [-0.25, -0.2) is 0 Å². The van der Waals surface area contributed by atoms with Crippen LogP contribution in [0, 0.1) is 10.1 Å². The first-order chi connectivity index (χ1) is 8.02. The average molecular weight is 235 g/mol. The summed E-state index contributed by atoms with van der Waals surface area (Å²) in [4.78, 5) is 23.5. The molecule has 0 aromatic heterocycles. The smallest absolute Gasteiger partial charge is 0.274 e. The van der Waals surface area contributed by atoms with Crippen LogP contribution >= 0.6 is 0 Å². The third-order valence-electron chi connectivity index (χ3n) is 3.08. The normalized spacial score (nSPS) is 24.1. The second kappa shape index (κ2) is 4.14. The first-order valence-corrected chi connectivity index (χ1v) is 5.27. The summed E-state index contributed by atoms with van der Waals surface area (Å²) in [7, 11) is 1.62. The van der Waals surface area contributed by atoms with Gasteiger partial charge in [-0.1, -0.05) is 18.2 Å². The lowest BCUT2D eigenvalue weighted by atomic mass is 9.99. The van der Waals surface area contributed by atoms with Crippen molar-refractivity contribution < 1.29 is 9.72 Å². The van der Waals surface area contributed by atoms with Crippen LogP contribution in [0.2, 0.25) is 0 Å². The third kappa shape index (κ3) is 1.87. The number of likely N-dealkylation sites (N-methyl/N-ethyl adjacent to an activating group) is 1. The molecule has 2 unspecified atom stereocenters. The fourth-order valence-corrected chi connectivity index (χ4v) is 2.24. The first-order valence-electron chi connectivity index (χ1n) is 5.27. The van der Waals surface area contributed by atoms with E-state index in [0.717, 1.165) is 0 Å². The minimum atomic E-state index is -0.446. The monoisotopic (exact) mass is 235 g/mol. The number of nitro benzene ring substituents is 1. The van der Waals surface area contributed by atoms with Crippen molar-refractivity contribution in [1.29, 1.82) is 0 Å². The third-order valence-corrected chi connectivity index (χ3v) is 3.08. The number of benzene rings is 1. The van der Waals surface area contributed by atoms with Crippen molar-refractivity contribution in [3.05, 3.63) is 39.9 Å². The van der Waals surface area contributed by atoms with Gasteiger partial charge in [0.1, 0.15) is 0 Å². The number of amides is 1. The first kappa shape index (κ1) is 11.5. The molecule has 0 aliphatic carbocycles. The summed E-state index contributed by atoms with van der Waals surface area (Å²) in [6.45, 7) is 0. The highest BCUT2D eigenvalue weighted by molar-refractivity contribution is 5.80. The Hall–Kier alpha value is -1.95. The summed E-state index contributed by atoms with van der Waals surface area (Å²) < 4.78 is 0. The van der Waals surface area contributed by atoms with Crippen molar-refractivity contribution >= 4 is 11.6 Å². The van der Waals surface area contributed by atoms with Gasteiger partial charge in [-0.15, -0.1) is 0 Å². The van der Waals surface area contributed by atoms with Gasteiger partial charge in [0.15, 0.2) is 0 Å². The van der Waals surface area contributed by atoms with Crippen LogP contribution in [0.3, 0.4) is 0 Å². The Morgan fingerprint density at radius 3 is 2.65 bits per heavy atom. The molecule has 1 aliphatic rings. The van der Waals surface area contributed by atoms with Crippen LogP contribution in [0.15, 0.2) is 24.3 Å². The molecule has 0 radical (unpaired) electrons. The number of rotatable bonds is 2. The molecule has 6 nitrogen and oxygen atoms in total. The topological polar surface area (TPSA) is 89.5 Å². The molecule has 90 valence electrons. The van der Waals surface area contributed by atoms with E-state index in [1.165, 1.54) is 11.0 Å². The molecule has 1 amide bonds. The van der Waals surface area contributed by atoms with Crippen LogP contribution in [-0.4, -0.2) is 28.8 Å². The molecule has 1 heterocycles. The Morgan fingerprint density at radius 2 is 2.12 bits per heavy atom. The highest BCUT2D eigenvalue weighted by atomic mass is 16.6. The van der Waals surface area contributed by atoms with Crippen LogP contribution in [-0.2, 0) is 4.79 Å². The van der Waals surface area contributed by atoms with E-state index in [0.29, 0.717) is 5.56 Å². The number of nitrogens with zero attached hydrogens (tertiary/aromatic N) is 2. The predicted molar refractivity (Wildman–Crippen MR) is 61.2 cm³/mol. The molecule has 1 aliphatic heterocycles. The Bertz CT molecular complexity index is 475. The molecule has 2 N–H and O–H groups in total. The molecule has 0 spiro atoms. The molecule has 2 atom stereocenters. The Labute approximate surface area is 98.2 Å². The van der Waals surface area contributed by atoms with Gasteiger partial charge in [0.2, 0.25) is 5.91 Å². The zero-order valence-electron chi connectivity index (χ0n) is 9.37. The molecule has 17 heavy (non-hydrogen) atoms. The Balaban J connectivity index is 2.47. The maximum absolute atomic E-state index is 11.5. The minimum absolute atomic E-state index is 0.00880. The summed E-state index contributed by atoms with van der Waals surface area (Å²) in [5, 5.41) is 10.9. The summed E-state index contributed by atoms with van der Waals surface area (Å²) in [6.07, 6.45) is 0.229. The number of hydrogen-bond acceptors (Lipinski definition) is 4. The largest absolute Gasteiger partial charge is 0.337 e. The van der Waals surface area contributed by atoms with Gasteiger partial charge < -0.3 is 10.6 Å². The zero-order chi connectivity index (χ0) is 12.6. The lowest BCUT2D eigenvalue weighted by Gasteiger charge is -2.22. The maximum Gasteiger partial charge on any atom is 0.274 e. The number of para-hydroxylation sites is 1. The SMILES string of the molecule is CN1C(=O)CC(N)C1c1ccccc1[N+](=O)[O-]. The van der Waals surface area contributed by atoms with Crippen molar-refractivity contribution in [1.82, 2.24) is 4.90 Å². The molecule has 1 aromatic carbocycles. The molecule has 2 rings (SSSR count). The average Bonchev–Trinajstić information content (AvgIpc) is 2.53. The Kier molecular flexibility index (Phi) is 2.81. The van der Waals surface area contributed by atoms with E-state index in [1.54, 1.807) is 25.2 Å². The van der Waals surface area contributed by atoms with Gasteiger partial charge in [-0.05, 0) is 0 Å². The minimum Gasteiger partial charge on any atom is -0.337 e. The van der Waals surface area contributed by atoms with Crippen molar-refractivity contribution in [2.24, 2.45) is 5.73 Å². The van der Waals surface area contributed by atoms with E-state index in [9.17, 15) is 14.9 Å². The molecule has 0 bridgehead atoms. The summed E-state index contributed by atoms with van der Waals surface area (Å²) >= 11 is 0. The van der Waals surface area contributed by atoms with Gasteiger partial charge in [0.05, 0.1) is 16.5 Å². The number of nitrogens with two attached hydrogens (primary N) is 1. The quantitative estimate of drug-likeness (QED) is 0.607. The van der Waals surface area contributed by atoms with E-state index in [2.05, 4.69) is 0 Å². The summed E-state index contributed by atoms with van der Waals surface area (Å²) in [6, 6.07) is 5.59. The van der Waals surface area contributed by atoms with Gasteiger partial charge in [-0.2, -0.15) is 0 Å². The molecule has 1 aromatic rings. The van der Waals surface area contributed by atoms with Crippen LogP contribution in [0.1, 0.15) is 18.0 Å². The highest BCUT2D eigenvalue weighted by Gasteiger charge is 2.39.